The van der Waals surface area contributed by atoms with E-state index in [2.05, 4.69) is 30.3 Å². The van der Waals surface area contributed by atoms with Crippen LogP contribution in [0.3, 0.4) is 0 Å². The van der Waals surface area contributed by atoms with Crippen molar-refractivity contribution in [3.8, 4) is 11.1 Å². The number of aliphatic hydroxyl groups is 1. The number of hydrogen-bond acceptors (Lipinski definition) is 8. The standard InChI is InChI=1S/C20H24N6O3S2/c1-13(11-27)22-18-17(14-7-8-30-12-14)10-21-19(25-18)23-15-5-4-6-16(9-15)24-20(28)26-31(2,3)29/h4-10,12-13,27H,11H2,1-3H3,(H,24,28)(H2,21,22,23,25)/t13-/m1/s1. The molecule has 1 aromatic carbocycles. The molecule has 0 spiro atoms. The second-order valence-corrected chi connectivity index (χ2v) is 10.4. The number of thiophene rings is 1. The first-order chi connectivity index (χ1) is 14.7. The zero-order valence-corrected chi connectivity index (χ0v) is 19.0. The maximum atomic E-state index is 11.9. The van der Waals surface area contributed by atoms with Gasteiger partial charge in [0.25, 0.3) is 0 Å². The lowest BCUT2D eigenvalue weighted by Gasteiger charge is -2.16. The molecule has 9 nitrogen and oxygen atoms in total. The molecule has 164 valence electrons. The van der Waals surface area contributed by atoms with Crippen LogP contribution in [0.1, 0.15) is 6.92 Å². The lowest BCUT2D eigenvalue weighted by molar-refractivity contribution is 0.260. The Morgan fingerprint density at radius 2 is 2.06 bits per heavy atom. The van der Waals surface area contributed by atoms with E-state index in [0.717, 1.165) is 11.1 Å². The lowest BCUT2D eigenvalue weighted by Crippen LogP contribution is -2.21. The van der Waals surface area contributed by atoms with Gasteiger partial charge in [0, 0.05) is 41.7 Å². The van der Waals surface area contributed by atoms with Gasteiger partial charge in [-0.2, -0.15) is 16.3 Å². The molecule has 0 aliphatic heterocycles. The van der Waals surface area contributed by atoms with Gasteiger partial charge in [-0.05, 0) is 47.5 Å². The maximum absolute atomic E-state index is 11.9. The third-order valence-electron chi connectivity index (χ3n) is 3.95. The van der Waals surface area contributed by atoms with Gasteiger partial charge in [0.1, 0.15) is 5.82 Å². The van der Waals surface area contributed by atoms with E-state index in [1.54, 1.807) is 41.8 Å². The predicted octanol–water partition coefficient (Wildman–Crippen LogP) is 4.00. The highest BCUT2D eigenvalue weighted by Gasteiger charge is 2.13. The fraction of sp³-hybridized carbons (Fsp3) is 0.250. The summed E-state index contributed by atoms with van der Waals surface area (Å²) in [5, 5.41) is 22.3. The van der Waals surface area contributed by atoms with Crippen LogP contribution >= 0.6 is 11.3 Å². The molecule has 0 aliphatic rings. The lowest BCUT2D eigenvalue weighted by atomic mass is 10.1. The SMILES string of the molecule is C[C@H](CO)Nc1nc(Nc2cccc(NC(=O)N=S(C)(C)=O)c2)ncc1-c1ccsc1. The number of rotatable bonds is 7. The number of aliphatic hydroxyl groups excluding tert-OH is 1. The largest absolute Gasteiger partial charge is 0.394 e. The molecule has 2 amide bonds. The minimum Gasteiger partial charge on any atom is -0.394 e. The number of nitrogens with zero attached hydrogens (tertiary/aromatic N) is 3. The molecule has 0 saturated heterocycles. The van der Waals surface area contributed by atoms with E-state index in [4.69, 9.17) is 0 Å². The zero-order chi connectivity index (χ0) is 22.4. The molecule has 2 aromatic heterocycles. The van der Waals surface area contributed by atoms with Gasteiger partial charge in [-0.3, -0.25) is 0 Å². The van der Waals surface area contributed by atoms with Crippen LogP contribution in [0.15, 0.2) is 51.7 Å². The molecular weight excluding hydrogens is 436 g/mol. The Kier molecular flexibility index (Phi) is 7.21. The number of nitrogens with one attached hydrogen (secondary N) is 3. The van der Waals surface area contributed by atoms with Crippen LogP contribution in [0.4, 0.5) is 27.9 Å². The van der Waals surface area contributed by atoms with Crippen molar-refractivity contribution in [2.24, 2.45) is 4.36 Å². The summed E-state index contributed by atoms with van der Waals surface area (Å²) in [5.74, 6) is 0.950. The van der Waals surface area contributed by atoms with E-state index in [-0.39, 0.29) is 12.6 Å². The normalized spacial score (nSPS) is 12.1. The molecule has 0 saturated carbocycles. The van der Waals surface area contributed by atoms with Gasteiger partial charge in [-0.15, -0.1) is 4.36 Å². The summed E-state index contributed by atoms with van der Waals surface area (Å²) in [7, 11) is -2.54. The number of aromatic nitrogens is 2. The fourth-order valence-electron chi connectivity index (χ4n) is 2.61. The zero-order valence-electron chi connectivity index (χ0n) is 17.3. The summed E-state index contributed by atoms with van der Waals surface area (Å²) in [6.07, 6.45) is 4.50. The second-order valence-electron chi connectivity index (χ2n) is 7.10. The minimum atomic E-state index is -2.54. The van der Waals surface area contributed by atoms with Gasteiger partial charge in [0.05, 0.1) is 16.3 Å². The number of anilines is 4. The number of amides is 2. The van der Waals surface area contributed by atoms with E-state index >= 15 is 0 Å². The molecule has 0 radical (unpaired) electrons. The summed E-state index contributed by atoms with van der Waals surface area (Å²) >= 11 is 1.58. The third kappa shape index (κ3) is 6.74. The number of hydrogen-bond donors (Lipinski definition) is 4. The number of urea groups is 1. The molecule has 31 heavy (non-hydrogen) atoms. The second kappa shape index (κ2) is 9.86. The van der Waals surface area contributed by atoms with Crippen molar-refractivity contribution in [1.29, 1.82) is 0 Å². The Hall–Kier alpha value is -3.02. The first kappa shape index (κ1) is 22.7. The highest BCUT2D eigenvalue weighted by atomic mass is 32.2. The first-order valence-corrected chi connectivity index (χ1v) is 12.6. The van der Waals surface area contributed by atoms with E-state index in [1.807, 2.05) is 23.8 Å². The van der Waals surface area contributed by atoms with Gasteiger partial charge >= 0.3 is 6.03 Å². The third-order valence-corrected chi connectivity index (χ3v) is 5.24. The van der Waals surface area contributed by atoms with Crippen LogP contribution in [-0.4, -0.2) is 50.5 Å². The van der Waals surface area contributed by atoms with E-state index in [1.165, 1.54) is 12.5 Å². The van der Waals surface area contributed by atoms with E-state index in [9.17, 15) is 14.1 Å². The smallest absolute Gasteiger partial charge is 0.353 e. The van der Waals surface area contributed by atoms with Crippen molar-refractivity contribution in [1.82, 2.24) is 9.97 Å². The Morgan fingerprint density at radius 3 is 2.74 bits per heavy atom. The Morgan fingerprint density at radius 1 is 1.29 bits per heavy atom. The molecule has 3 aromatic rings. The summed E-state index contributed by atoms with van der Waals surface area (Å²) in [5.41, 5.74) is 2.96. The van der Waals surface area contributed by atoms with Crippen LogP contribution in [-0.2, 0) is 9.73 Å². The molecule has 2 heterocycles. The Labute approximate surface area is 185 Å². The average Bonchev–Trinajstić information content (AvgIpc) is 3.21. The molecule has 1 atom stereocenters. The molecule has 0 aliphatic carbocycles. The summed E-state index contributed by atoms with van der Waals surface area (Å²) in [6.45, 7) is 1.82. The van der Waals surface area contributed by atoms with Crippen molar-refractivity contribution in [3.63, 3.8) is 0 Å². The van der Waals surface area contributed by atoms with Crippen molar-refractivity contribution < 1.29 is 14.1 Å². The number of benzene rings is 1. The van der Waals surface area contributed by atoms with Crippen LogP contribution in [0.25, 0.3) is 11.1 Å². The van der Waals surface area contributed by atoms with Crippen molar-refractivity contribution in [3.05, 3.63) is 47.3 Å². The number of carbonyl (C=O) groups excluding carboxylic acids is 1. The van der Waals surface area contributed by atoms with Gasteiger partial charge in [0.2, 0.25) is 5.95 Å². The van der Waals surface area contributed by atoms with Crippen LogP contribution in [0.5, 0.6) is 0 Å². The van der Waals surface area contributed by atoms with Crippen LogP contribution < -0.4 is 16.0 Å². The van der Waals surface area contributed by atoms with Crippen molar-refractivity contribution in [2.75, 3.05) is 35.1 Å². The first-order valence-electron chi connectivity index (χ1n) is 9.36. The highest BCUT2D eigenvalue weighted by molar-refractivity contribution is 7.92. The van der Waals surface area contributed by atoms with Crippen LogP contribution in [0, 0.1) is 0 Å². The van der Waals surface area contributed by atoms with Gasteiger partial charge in [-0.1, -0.05) is 6.07 Å². The maximum Gasteiger partial charge on any atom is 0.353 e. The van der Waals surface area contributed by atoms with Gasteiger partial charge < -0.3 is 21.1 Å². The Bertz CT molecular complexity index is 1170. The number of carbonyl (C=O) groups is 1. The van der Waals surface area contributed by atoms with Gasteiger partial charge in [0.15, 0.2) is 0 Å². The molecule has 0 unspecified atom stereocenters. The fourth-order valence-corrected chi connectivity index (χ4v) is 3.71. The molecule has 11 heteroatoms. The highest BCUT2D eigenvalue weighted by Crippen LogP contribution is 2.29. The minimum absolute atomic E-state index is 0.0372. The summed E-state index contributed by atoms with van der Waals surface area (Å²) in [6, 6.07) is 8.06. The van der Waals surface area contributed by atoms with Gasteiger partial charge in [-0.25, -0.2) is 14.0 Å². The summed E-state index contributed by atoms with van der Waals surface area (Å²) in [4.78, 5) is 20.9. The molecule has 3 rings (SSSR count). The monoisotopic (exact) mass is 460 g/mol. The Balaban J connectivity index is 1.83. The van der Waals surface area contributed by atoms with Crippen LogP contribution in [0.2, 0.25) is 0 Å². The topological polar surface area (TPSA) is 129 Å². The van der Waals surface area contributed by atoms with E-state index in [0.29, 0.717) is 23.1 Å². The average molecular weight is 461 g/mol. The van der Waals surface area contributed by atoms with E-state index < -0.39 is 15.8 Å². The molecule has 0 fully saturated rings. The van der Waals surface area contributed by atoms with Crippen molar-refractivity contribution in [2.45, 2.75) is 13.0 Å². The quantitative estimate of drug-likeness (QED) is 0.419. The molecular formula is C20H24N6O3S2. The summed E-state index contributed by atoms with van der Waals surface area (Å²) < 4.78 is 15.3. The van der Waals surface area contributed by atoms with Crippen molar-refractivity contribution >= 4 is 50.2 Å². The molecule has 0 bridgehead atoms. The molecule has 4 N–H and O–H groups in total. The predicted molar refractivity (Wildman–Crippen MR) is 127 cm³/mol.